The molecule has 0 aliphatic heterocycles. The predicted octanol–water partition coefficient (Wildman–Crippen LogP) is 14.9. The van der Waals surface area contributed by atoms with Gasteiger partial charge in [0.05, 0.1) is 16.6 Å². The summed E-state index contributed by atoms with van der Waals surface area (Å²) in [5.74, 6) is 0. The van der Waals surface area contributed by atoms with Gasteiger partial charge in [-0.2, -0.15) is 0 Å². The van der Waals surface area contributed by atoms with Gasteiger partial charge in [0.2, 0.25) is 5.71 Å². The van der Waals surface area contributed by atoms with Gasteiger partial charge in [-0.25, -0.2) is 0 Å². The Morgan fingerprint density at radius 2 is 1.09 bits per heavy atom. The van der Waals surface area contributed by atoms with Crippen molar-refractivity contribution in [3.63, 3.8) is 0 Å². The van der Waals surface area contributed by atoms with Crippen LogP contribution in [-0.2, 0) is 0 Å². The van der Waals surface area contributed by atoms with E-state index < -0.39 is 0 Å². The van der Waals surface area contributed by atoms with Crippen LogP contribution in [0, 0.1) is 0 Å². The standard InChI is InChI=1S/C52H32N2O2/c1-2-13-36(14-3-1)54-45-20-8-6-17-44(45)50-49-41(18-11-23-48(49)56-52(50)54)34-26-28-37(29-27-34)53(46-21-10-19-43-42-16-7-9-22-47(42)55-51(43)46)38-30-31-40-35(32-38)25-24-33-12-4-5-15-39(33)40/h1-32H. The molecule has 12 rings (SSSR count). The highest BCUT2D eigenvalue weighted by Gasteiger charge is 2.23. The fourth-order valence-corrected chi connectivity index (χ4v) is 8.87. The molecule has 0 bridgehead atoms. The lowest BCUT2D eigenvalue weighted by atomic mass is 9.98. The molecule has 3 heterocycles. The highest BCUT2D eigenvalue weighted by molar-refractivity contribution is 6.23. The molecule has 0 saturated carbocycles. The molecule has 0 amide bonds. The number of anilines is 3. The maximum absolute atomic E-state index is 6.73. The van der Waals surface area contributed by atoms with E-state index in [9.17, 15) is 0 Å². The fourth-order valence-electron chi connectivity index (χ4n) is 8.87. The number of aromatic nitrogens is 1. The van der Waals surface area contributed by atoms with Crippen molar-refractivity contribution in [2.75, 3.05) is 4.90 Å². The van der Waals surface area contributed by atoms with Crippen molar-refractivity contribution in [2.24, 2.45) is 0 Å². The number of benzene rings is 9. The van der Waals surface area contributed by atoms with Crippen LogP contribution in [0.5, 0.6) is 0 Å². The zero-order valence-electron chi connectivity index (χ0n) is 30.2. The molecule has 0 spiro atoms. The van der Waals surface area contributed by atoms with Crippen LogP contribution in [0.25, 0.3) is 93.3 Å². The van der Waals surface area contributed by atoms with Gasteiger partial charge >= 0.3 is 0 Å². The van der Waals surface area contributed by atoms with Crippen LogP contribution < -0.4 is 4.90 Å². The Bertz CT molecular complexity index is 3480. The van der Waals surface area contributed by atoms with Crippen LogP contribution >= 0.6 is 0 Å². The van der Waals surface area contributed by atoms with Crippen LogP contribution in [0.15, 0.2) is 203 Å². The van der Waals surface area contributed by atoms with Gasteiger partial charge in [0.15, 0.2) is 5.58 Å². The predicted molar refractivity (Wildman–Crippen MR) is 233 cm³/mol. The Balaban J connectivity index is 1.05. The summed E-state index contributed by atoms with van der Waals surface area (Å²) in [6.07, 6.45) is 0. The fraction of sp³-hybridized carbons (Fsp3) is 0. The normalized spacial score (nSPS) is 11.9. The van der Waals surface area contributed by atoms with Crippen LogP contribution in [-0.4, -0.2) is 4.57 Å². The Morgan fingerprint density at radius 3 is 1.98 bits per heavy atom. The van der Waals surface area contributed by atoms with Crippen molar-refractivity contribution in [3.05, 3.63) is 194 Å². The maximum atomic E-state index is 6.73. The molecule has 0 radical (unpaired) electrons. The molecule has 4 nitrogen and oxygen atoms in total. The Morgan fingerprint density at radius 1 is 0.411 bits per heavy atom. The van der Waals surface area contributed by atoms with Crippen molar-refractivity contribution in [1.29, 1.82) is 0 Å². The SMILES string of the molecule is c1ccc(-n2c3ccccc3c3c4c(-c5ccc(N(c6ccc7c(ccc8ccccc87)c6)c6cccc7c6oc6ccccc67)cc5)cccc4oc32)cc1. The third kappa shape index (κ3) is 4.53. The molecule has 3 aromatic heterocycles. The number of para-hydroxylation sites is 4. The summed E-state index contributed by atoms with van der Waals surface area (Å²) >= 11 is 0. The lowest BCUT2D eigenvalue weighted by Gasteiger charge is -2.26. The van der Waals surface area contributed by atoms with E-state index in [0.29, 0.717) is 0 Å². The molecular weight excluding hydrogens is 685 g/mol. The zero-order chi connectivity index (χ0) is 36.7. The molecule has 0 fully saturated rings. The first-order valence-corrected chi connectivity index (χ1v) is 19.0. The van der Waals surface area contributed by atoms with Gasteiger partial charge in [0.25, 0.3) is 0 Å². The van der Waals surface area contributed by atoms with Gasteiger partial charge < -0.3 is 13.7 Å². The quantitative estimate of drug-likeness (QED) is 0.166. The summed E-state index contributed by atoms with van der Waals surface area (Å²) in [4.78, 5) is 2.33. The Kier molecular flexibility index (Phi) is 6.60. The van der Waals surface area contributed by atoms with Gasteiger partial charge in [-0.1, -0.05) is 133 Å². The minimum atomic E-state index is 0.852. The van der Waals surface area contributed by atoms with E-state index in [1.807, 2.05) is 18.2 Å². The lowest BCUT2D eigenvalue weighted by Crippen LogP contribution is -2.10. The molecular formula is C52H32N2O2. The van der Waals surface area contributed by atoms with Gasteiger partial charge in [0.1, 0.15) is 11.2 Å². The smallest absolute Gasteiger partial charge is 0.213 e. The average molecular weight is 717 g/mol. The molecule has 0 N–H and O–H groups in total. The largest absolute Gasteiger partial charge is 0.454 e. The minimum absolute atomic E-state index is 0.852. The third-order valence-corrected chi connectivity index (χ3v) is 11.4. The number of nitrogens with zero attached hydrogens (tertiary/aromatic N) is 2. The summed E-state index contributed by atoms with van der Waals surface area (Å²) in [6, 6.07) is 68.9. The van der Waals surface area contributed by atoms with Crippen LogP contribution in [0.4, 0.5) is 17.1 Å². The molecule has 0 atom stereocenters. The molecule has 9 aromatic carbocycles. The van der Waals surface area contributed by atoms with Crippen LogP contribution in [0.3, 0.4) is 0 Å². The third-order valence-electron chi connectivity index (χ3n) is 11.4. The van der Waals surface area contributed by atoms with Crippen molar-refractivity contribution in [1.82, 2.24) is 4.57 Å². The molecule has 56 heavy (non-hydrogen) atoms. The average Bonchev–Trinajstić information content (AvgIpc) is 3.93. The van der Waals surface area contributed by atoms with E-state index >= 15 is 0 Å². The van der Waals surface area contributed by atoms with E-state index in [2.05, 4.69) is 185 Å². The molecule has 0 aliphatic carbocycles. The number of fused-ring (bicyclic) bond motifs is 11. The van der Waals surface area contributed by atoms with Gasteiger partial charge in [-0.05, 0) is 93.3 Å². The lowest BCUT2D eigenvalue weighted by molar-refractivity contribution is 0.645. The first-order valence-electron chi connectivity index (χ1n) is 19.0. The van der Waals surface area contributed by atoms with Crippen molar-refractivity contribution in [2.45, 2.75) is 0 Å². The van der Waals surface area contributed by atoms with Crippen LogP contribution in [0.1, 0.15) is 0 Å². The highest BCUT2D eigenvalue weighted by atomic mass is 16.3. The van der Waals surface area contributed by atoms with Crippen LogP contribution in [0.2, 0.25) is 0 Å². The number of hydrogen-bond acceptors (Lipinski definition) is 3. The second kappa shape index (κ2) is 12.0. The molecule has 0 unspecified atom stereocenters. The van der Waals surface area contributed by atoms with Crippen molar-refractivity contribution < 1.29 is 8.83 Å². The molecule has 12 aromatic rings. The maximum Gasteiger partial charge on any atom is 0.213 e. The molecule has 0 aliphatic rings. The minimum Gasteiger partial charge on any atom is -0.454 e. The summed E-state index contributed by atoms with van der Waals surface area (Å²) in [6.45, 7) is 0. The second-order valence-electron chi connectivity index (χ2n) is 14.5. The van der Waals surface area contributed by atoms with E-state index in [4.69, 9.17) is 8.83 Å². The van der Waals surface area contributed by atoms with E-state index in [0.717, 1.165) is 83.4 Å². The monoisotopic (exact) mass is 716 g/mol. The summed E-state index contributed by atoms with van der Waals surface area (Å²) in [5, 5.41) is 10.5. The van der Waals surface area contributed by atoms with E-state index in [-0.39, 0.29) is 0 Å². The van der Waals surface area contributed by atoms with Gasteiger partial charge in [-0.3, -0.25) is 4.57 Å². The summed E-state index contributed by atoms with van der Waals surface area (Å²) in [5.41, 5.74) is 11.0. The molecule has 262 valence electrons. The van der Waals surface area contributed by atoms with Gasteiger partial charge in [-0.15, -0.1) is 0 Å². The summed E-state index contributed by atoms with van der Waals surface area (Å²) in [7, 11) is 0. The second-order valence-corrected chi connectivity index (χ2v) is 14.5. The topological polar surface area (TPSA) is 34.5 Å². The summed E-state index contributed by atoms with van der Waals surface area (Å²) < 4.78 is 15.6. The van der Waals surface area contributed by atoms with E-state index in [1.165, 1.54) is 26.9 Å². The highest BCUT2D eigenvalue weighted by Crippen LogP contribution is 2.46. The van der Waals surface area contributed by atoms with E-state index in [1.54, 1.807) is 0 Å². The van der Waals surface area contributed by atoms with Crippen molar-refractivity contribution in [3.8, 4) is 16.8 Å². The number of rotatable bonds is 5. The molecule has 0 saturated heterocycles. The van der Waals surface area contributed by atoms with Gasteiger partial charge in [0, 0.05) is 38.6 Å². The van der Waals surface area contributed by atoms with Crippen molar-refractivity contribution >= 4 is 93.5 Å². The first-order chi connectivity index (χ1) is 27.8. The number of hydrogen-bond donors (Lipinski definition) is 0. The zero-order valence-corrected chi connectivity index (χ0v) is 30.2. The molecule has 4 heteroatoms. The first kappa shape index (κ1) is 30.9. The Labute approximate surface area is 321 Å². The Hall–Kier alpha value is -7.56. The number of furan rings is 2.